The van der Waals surface area contributed by atoms with E-state index in [1.165, 1.54) is 64.8 Å². The van der Waals surface area contributed by atoms with Gasteiger partial charge >= 0.3 is 5.97 Å². The van der Waals surface area contributed by atoms with Crippen molar-refractivity contribution in [2.75, 3.05) is 26.7 Å². The number of esters is 1. The number of para-hydroxylation sites is 1. The Kier molecular flexibility index (Phi) is 6.02. The third-order valence-corrected chi connectivity index (χ3v) is 10.0. The Morgan fingerprint density at radius 3 is 2.51 bits per heavy atom. The fourth-order valence-electron chi connectivity index (χ4n) is 8.20. The highest BCUT2D eigenvalue weighted by Gasteiger charge is 2.58. The van der Waals surface area contributed by atoms with Crippen molar-refractivity contribution < 1.29 is 9.53 Å². The summed E-state index contributed by atoms with van der Waals surface area (Å²) in [5.74, 6) is 0.477. The number of carbonyl (C=O) groups excluding carboxylic acids is 1. The molecule has 0 bridgehead atoms. The van der Waals surface area contributed by atoms with Crippen LogP contribution in [0.1, 0.15) is 88.3 Å². The molecule has 4 heteroatoms. The van der Waals surface area contributed by atoms with Gasteiger partial charge in [-0.15, -0.1) is 0 Å². The summed E-state index contributed by atoms with van der Waals surface area (Å²) >= 11 is 0. The number of rotatable bonds is 5. The zero-order valence-electron chi connectivity index (χ0n) is 23.3. The molecule has 1 aromatic heterocycles. The maximum absolute atomic E-state index is 13.6. The molecule has 0 radical (unpaired) electrons. The Balaban J connectivity index is 1.66. The van der Waals surface area contributed by atoms with Gasteiger partial charge in [-0.3, -0.25) is 4.79 Å². The Hall–Kier alpha value is -2.59. The predicted octanol–water partition coefficient (Wildman–Crippen LogP) is 7.25. The van der Waals surface area contributed by atoms with Gasteiger partial charge in [0.15, 0.2) is 0 Å². The molecular weight excluding hydrogens is 456 g/mol. The minimum Gasteiger partial charge on any atom is -0.469 e. The molecule has 2 heterocycles. The number of carbonyl (C=O) groups is 1. The van der Waals surface area contributed by atoms with Gasteiger partial charge in [0.25, 0.3) is 0 Å². The van der Waals surface area contributed by atoms with Gasteiger partial charge in [-0.2, -0.15) is 0 Å². The van der Waals surface area contributed by atoms with Crippen LogP contribution < -0.4 is 0 Å². The third kappa shape index (κ3) is 3.62. The van der Waals surface area contributed by atoms with Crippen molar-refractivity contribution in [1.29, 1.82) is 0 Å². The van der Waals surface area contributed by atoms with Crippen molar-refractivity contribution in [2.45, 2.75) is 83.6 Å². The lowest BCUT2D eigenvalue weighted by molar-refractivity contribution is -0.157. The molecule has 0 spiro atoms. The Morgan fingerprint density at radius 1 is 1.03 bits per heavy atom. The van der Waals surface area contributed by atoms with Crippen LogP contribution in [0, 0.1) is 5.41 Å². The second-order valence-corrected chi connectivity index (χ2v) is 12.6. The number of methoxy groups -OCH3 is 1. The summed E-state index contributed by atoms with van der Waals surface area (Å²) in [6.45, 7) is 13.6. The Labute approximate surface area is 222 Å². The number of benzene rings is 2. The van der Waals surface area contributed by atoms with E-state index in [4.69, 9.17) is 4.74 Å². The maximum Gasteiger partial charge on any atom is 0.312 e. The lowest BCUT2D eigenvalue weighted by Crippen LogP contribution is -2.50. The molecule has 1 saturated carbocycles. The molecule has 2 aromatic carbocycles. The highest BCUT2D eigenvalue weighted by atomic mass is 16.5. The number of aromatic nitrogens is 1. The topological polar surface area (TPSA) is 34.5 Å². The first-order valence-corrected chi connectivity index (χ1v) is 14.4. The largest absolute Gasteiger partial charge is 0.469 e. The first kappa shape index (κ1) is 24.7. The lowest BCUT2D eigenvalue weighted by Gasteiger charge is -2.54. The average molecular weight is 499 g/mol. The monoisotopic (exact) mass is 498 g/mol. The van der Waals surface area contributed by atoms with Gasteiger partial charge in [0.1, 0.15) is 0 Å². The first-order chi connectivity index (χ1) is 17.8. The first-order valence-electron chi connectivity index (χ1n) is 14.4. The van der Waals surface area contributed by atoms with E-state index in [0.29, 0.717) is 5.92 Å². The summed E-state index contributed by atoms with van der Waals surface area (Å²) in [6.07, 6.45) is 5.61. The van der Waals surface area contributed by atoms with E-state index in [2.05, 4.69) is 79.6 Å². The van der Waals surface area contributed by atoms with Crippen molar-refractivity contribution in [3.63, 3.8) is 0 Å². The van der Waals surface area contributed by atoms with Gasteiger partial charge in [0.2, 0.25) is 0 Å². The van der Waals surface area contributed by atoms with Crippen LogP contribution in [-0.2, 0) is 21.5 Å². The van der Waals surface area contributed by atoms with Gasteiger partial charge in [-0.05, 0) is 80.4 Å². The summed E-state index contributed by atoms with van der Waals surface area (Å²) in [4.78, 5) is 16.2. The van der Waals surface area contributed by atoms with Crippen LogP contribution in [0.2, 0.25) is 0 Å². The predicted molar refractivity (Wildman–Crippen MR) is 151 cm³/mol. The highest BCUT2D eigenvalue weighted by molar-refractivity contribution is 5.96. The molecule has 0 amide bonds. The molecule has 0 N–H and O–H groups in total. The molecule has 37 heavy (non-hydrogen) atoms. The SMILES string of the molecule is COC(=O)[C@]1(C)CCC[C@]2(C)c3ccc(C(C)C)cc3-c3c(c4ccccc4n3CCN3CCCC3)C12. The minimum absolute atomic E-state index is 0.0643. The van der Waals surface area contributed by atoms with Crippen LogP contribution in [-0.4, -0.2) is 42.2 Å². The van der Waals surface area contributed by atoms with E-state index in [0.717, 1.165) is 32.4 Å². The highest BCUT2D eigenvalue weighted by Crippen LogP contribution is 2.65. The van der Waals surface area contributed by atoms with E-state index in [1.54, 1.807) is 7.11 Å². The van der Waals surface area contributed by atoms with E-state index in [-0.39, 0.29) is 17.3 Å². The second-order valence-electron chi connectivity index (χ2n) is 12.6. The normalized spacial score (nSPS) is 27.2. The molecule has 2 fully saturated rings. The molecule has 1 aliphatic heterocycles. The number of nitrogens with zero attached hydrogens (tertiary/aromatic N) is 2. The maximum atomic E-state index is 13.6. The standard InChI is InChI=1S/C33H42N2O2/c1-22(2)23-13-14-26-25(21-23)29-28(30-32(26,3)15-10-16-33(30,4)31(36)37-5)24-11-6-7-12-27(24)35(29)20-19-34-17-8-9-18-34/h6-7,11-14,21-22,30H,8-10,15-20H2,1-5H3/t30?,32-,33-/m1/s1. The van der Waals surface area contributed by atoms with E-state index in [9.17, 15) is 4.79 Å². The van der Waals surface area contributed by atoms with Crippen LogP contribution in [0.25, 0.3) is 22.2 Å². The van der Waals surface area contributed by atoms with Gasteiger partial charge in [0, 0.05) is 40.9 Å². The zero-order chi connectivity index (χ0) is 25.9. The number of hydrogen-bond donors (Lipinski definition) is 0. The summed E-state index contributed by atoms with van der Waals surface area (Å²) in [6, 6.07) is 16.1. The second kappa shape index (κ2) is 9.01. The summed E-state index contributed by atoms with van der Waals surface area (Å²) in [7, 11) is 1.56. The molecule has 3 atom stereocenters. The summed E-state index contributed by atoms with van der Waals surface area (Å²) in [5, 5.41) is 1.31. The number of likely N-dealkylation sites (tertiary alicyclic amines) is 1. The molecule has 196 valence electrons. The molecule has 3 aromatic rings. The van der Waals surface area contributed by atoms with Gasteiger partial charge < -0.3 is 14.2 Å². The third-order valence-electron chi connectivity index (χ3n) is 10.0. The van der Waals surface area contributed by atoms with Crippen LogP contribution in [0.15, 0.2) is 42.5 Å². The summed E-state index contributed by atoms with van der Waals surface area (Å²) in [5.41, 5.74) is 7.51. The molecule has 1 saturated heterocycles. The summed E-state index contributed by atoms with van der Waals surface area (Å²) < 4.78 is 8.12. The van der Waals surface area contributed by atoms with Crippen LogP contribution in [0.4, 0.5) is 0 Å². The van der Waals surface area contributed by atoms with Crippen LogP contribution in [0.3, 0.4) is 0 Å². The zero-order valence-corrected chi connectivity index (χ0v) is 23.3. The number of fused-ring (bicyclic) bond motifs is 8. The van der Waals surface area contributed by atoms with Crippen molar-refractivity contribution >= 4 is 16.9 Å². The molecule has 4 nitrogen and oxygen atoms in total. The smallest absolute Gasteiger partial charge is 0.312 e. The molecule has 2 aliphatic carbocycles. The Morgan fingerprint density at radius 2 is 1.78 bits per heavy atom. The fraction of sp³-hybridized carbons (Fsp3) is 0.545. The fourth-order valence-corrected chi connectivity index (χ4v) is 8.20. The van der Waals surface area contributed by atoms with Crippen LogP contribution >= 0.6 is 0 Å². The van der Waals surface area contributed by atoms with Crippen molar-refractivity contribution in [3.8, 4) is 11.3 Å². The van der Waals surface area contributed by atoms with Gasteiger partial charge in [-0.1, -0.05) is 57.5 Å². The van der Waals surface area contributed by atoms with Crippen LogP contribution in [0.5, 0.6) is 0 Å². The molecule has 6 rings (SSSR count). The molecule has 1 unspecified atom stereocenters. The van der Waals surface area contributed by atoms with E-state index >= 15 is 0 Å². The lowest BCUT2D eigenvalue weighted by atomic mass is 9.49. The van der Waals surface area contributed by atoms with E-state index in [1.807, 2.05) is 0 Å². The quantitative estimate of drug-likeness (QED) is 0.348. The number of ether oxygens (including phenoxy) is 1. The molecule has 3 aliphatic rings. The Bertz CT molecular complexity index is 1350. The van der Waals surface area contributed by atoms with E-state index < -0.39 is 5.41 Å². The van der Waals surface area contributed by atoms with Crippen molar-refractivity contribution in [2.24, 2.45) is 5.41 Å². The number of hydrogen-bond acceptors (Lipinski definition) is 3. The molecular formula is C33H42N2O2. The van der Waals surface area contributed by atoms with Gasteiger partial charge in [0.05, 0.1) is 18.2 Å². The van der Waals surface area contributed by atoms with Crippen molar-refractivity contribution in [3.05, 3.63) is 59.2 Å². The van der Waals surface area contributed by atoms with Crippen molar-refractivity contribution in [1.82, 2.24) is 9.47 Å². The van der Waals surface area contributed by atoms with Gasteiger partial charge in [-0.25, -0.2) is 0 Å². The average Bonchev–Trinajstić information content (AvgIpc) is 3.53. The minimum atomic E-state index is -0.561.